The number of halogens is 2. The molecule has 0 aliphatic rings. The SMILES string of the molecule is Cc1noc(C)c1-c1nc(-c2c(Cl)cccc2Cl)no1. The highest BCUT2D eigenvalue weighted by atomic mass is 35.5. The Hall–Kier alpha value is -1.85. The highest BCUT2D eigenvalue weighted by Crippen LogP contribution is 2.34. The summed E-state index contributed by atoms with van der Waals surface area (Å²) < 4.78 is 10.3. The van der Waals surface area contributed by atoms with Crippen molar-refractivity contribution in [3.05, 3.63) is 39.7 Å². The van der Waals surface area contributed by atoms with E-state index in [0.29, 0.717) is 44.3 Å². The van der Waals surface area contributed by atoms with E-state index < -0.39 is 0 Å². The van der Waals surface area contributed by atoms with Crippen molar-refractivity contribution < 1.29 is 9.05 Å². The quantitative estimate of drug-likeness (QED) is 0.705. The van der Waals surface area contributed by atoms with Crippen molar-refractivity contribution in [1.82, 2.24) is 15.3 Å². The Kier molecular flexibility index (Phi) is 3.23. The van der Waals surface area contributed by atoms with Gasteiger partial charge in [-0.25, -0.2) is 0 Å². The maximum Gasteiger partial charge on any atom is 0.263 e. The lowest BCUT2D eigenvalue weighted by molar-refractivity contribution is 0.392. The van der Waals surface area contributed by atoms with Gasteiger partial charge in [-0.3, -0.25) is 0 Å². The van der Waals surface area contributed by atoms with Crippen molar-refractivity contribution in [3.8, 4) is 22.8 Å². The van der Waals surface area contributed by atoms with Crippen LogP contribution in [-0.4, -0.2) is 15.3 Å². The lowest BCUT2D eigenvalue weighted by atomic mass is 10.2. The molecule has 0 unspecified atom stereocenters. The van der Waals surface area contributed by atoms with Crippen LogP contribution in [-0.2, 0) is 0 Å². The fourth-order valence-corrected chi connectivity index (χ4v) is 2.49. The molecule has 0 atom stereocenters. The maximum atomic E-state index is 6.12. The van der Waals surface area contributed by atoms with Crippen LogP contribution >= 0.6 is 23.2 Å². The maximum absolute atomic E-state index is 6.12. The zero-order chi connectivity index (χ0) is 14.3. The van der Waals surface area contributed by atoms with E-state index in [1.165, 1.54) is 0 Å². The minimum absolute atomic E-state index is 0.326. The fourth-order valence-electron chi connectivity index (χ4n) is 1.93. The lowest BCUT2D eigenvalue weighted by Gasteiger charge is -2.00. The van der Waals surface area contributed by atoms with E-state index in [9.17, 15) is 0 Å². The molecule has 0 spiro atoms. The van der Waals surface area contributed by atoms with Crippen LogP contribution in [0.15, 0.2) is 27.2 Å². The van der Waals surface area contributed by atoms with Gasteiger partial charge >= 0.3 is 0 Å². The number of hydrogen-bond donors (Lipinski definition) is 0. The van der Waals surface area contributed by atoms with Gasteiger partial charge in [-0.2, -0.15) is 4.98 Å². The Labute approximate surface area is 124 Å². The second-order valence-electron chi connectivity index (χ2n) is 4.22. The van der Waals surface area contributed by atoms with E-state index in [1.807, 2.05) is 0 Å². The highest BCUT2D eigenvalue weighted by Gasteiger charge is 2.21. The molecule has 2 aromatic heterocycles. The Morgan fingerprint density at radius 2 is 1.65 bits per heavy atom. The summed E-state index contributed by atoms with van der Waals surface area (Å²) >= 11 is 12.2. The summed E-state index contributed by atoms with van der Waals surface area (Å²) in [6.45, 7) is 3.58. The average Bonchev–Trinajstić information content (AvgIpc) is 2.97. The third-order valence-corrected chi connectivity index (χ3v) is 3.49. The molecule has 3 aromatic rings. The van der Waals surface area contributed by atoms with Gasteiger partial charge in [0.1, 0.15) is 11.3 Å². The molecule has 3 rings (SSSR count). The van der Waals surface area contributed by atoms with Gasteiger partial charge in [0.05, 0.1) is 21.3 Å². The molecule has 0 saturated heterocycles. The molecule has 0 aliphatic heterocycles. The molecule has 1 aromatic carbocycles. The standard InChI is InChI=1S/C13H9Cl2N3O2/c1-6-10(7(2)19-17-6)13-16-12(18-20-13)11-8(14)4-3-5-9(11)15/h3-5H,1-2H3. The number of rotatable bonds is 2. The predicted octanol–water partition coefficient (Wildman–Crippen LogP) is 4.32. The number of benzene rings is 1. The van der Waals surface area contributed by atoms with Gasteiger partial charge in [-0.1, -0.05) is 39.6 Å². The van der Waals surface area contributed by atoms with E-state index in [2.05, 4.69) is 15.3 Å². The van der Waals surface area contributed by atoms with Crippen LogP contribution in [0.5, 0.6) is 0 Å². The van der Waals surface area contributed by atoms with Gasteiger partial charge in [0.25, 0.3) is 5.89 Å². The van der Waals surface area contributed by atoms with E-state index in [1.54, 1.807) is 32.0 Å². The number of aromatic nitrogens is 3. The van der Waals surface area contributed by atoms with E-state index in [4.69, 9.17) is 32.2 Å². The first kappa shape index (κ1) is 13.1. The summed E-state index contributed by atoms with van der Waals surface area (Å²) in [5.74, 6) is 1.27. The number of hydrogen-bond acceptors (Lipinski definition) is 5. The van der Waals surface area contributed by atoms with Crippen molar-refractivity contribution in [2.24, 2.45) is 0 Å². The highest BCUT2D eigenvalue weighted by molar-refractivity contribution is 6.38. The van der Waals surface area contributed by atoms with Crippen LogP contribution in [0.25, 0.3) is 22.8 Å². The van der Waals surface area contributed by atoms with Gasteiger partial charge in [-0.15, -0.1) is 0 Å². The van der Waals surface area contributed by atoms with Crippen molar-refractivity contribution in [2.45, 2.75) is 13.8 Å². The summed E-state index contributed by atoms with van der Waals surface area (Å²) in [6.07, 6.45) is 0. The molecule has 0 amide bonds. The molecule has 0 bridgehead atoms. The van der Waals surface area contributed by atoms with Crippen LogP contribution in [0.3, 0.4) is 0 Å². The number of aryl methyl sites for hydroxylation is 2. The molecular weight excluding hydrogens is 301 g/mol. The molecule has 2 heterocycles. The molecule has 102 valence electrons. The molecule has 20 heavy (non-hydrogen) atoms. The largest absolute Gasteiger partial charge is 0.361 e. The molecule has 0 saturated carbocycles. The van der Waals surface area contributed by atoms with Gasteiger partial charge < -0.3 is 9.05 Å². The van der Waals surface area contributed by atoms with Gasteiger partial charge in [0.15, 0.2) is 0 Å². The van der Waals surface area contributed by atoms with Gasteiger partial charge in [-0.05, 0) is 26.0 Å². The molecule has 0 N–H and O–H groups in total. The third-order valence-electron chi connectivity index (χ3n) is 2.86. The Balaban J connectivity index is 2.12. The van der Waals surface area contributed by atoms with Crippen molar-refractivity contribution in [1.29, 1.82) is 0 Å². The first-order valence-corrected chi connectivity index (χ1v) is 6.55. The van der Waals surface area contributed by atoms with Gasteiger partial charge in [0, 0.05) is 0 Å². The van der Waals surface area contributed by atoms with Crippen molar-refractivity contribution in [2.75, 3.05) is 0 Å². The fraction of sp³-hybridized carbons (Fsp3) is 0.154. The van der Waals surface area contributed by atoms with Crippen LogP contribution in [0, 0.1) is 13.8 Å². The van der Waals surface area contributed by atoms with E-state index >= 15 is 0 Å². The summed E-state index contributed by atoms with van der Waals surface area (Å²) in [5.41, 5.74) is 1.91. The van der Waals surface area contributed by atoms with Crippen LogP contribution in [0.2, 0.25) is 10.0 Å². The van der Waals surface area contributed by atoms with Crippen molar-refractivity contribution >= 4 is 23.2 Å². The zero-order valence-electron chi connectivity index (χ0n) is 10.6. The first-order chi connectivity index (χ1) is 9.58. The van der Waals surface area contributed by atoms with Crippen LogP contribution in [0.4, 0.5) is 0 Å². The summed E-state index contributed by atoms with van der Waals surface area (Å²) in [7, 11) is 0. The summed E-state index contributed by atoms with van der Waals surface area (Å²) in [4.78, 5) is 4.32. The summed E-state index contributed by atoms with van der Waals surface area (Å²) in [6, 6.07) is 5.19. The molecule has 0 radical (unpaired) electrons. The minimum atomic E-state index is 0.326. The molecule has 0 aliphatic carbocycles. The smallest absolute Gasteiger partial charge is 0.263 e. The molecular formula is C13H9Cl2N3O2. The van der Waals surface area contributed by atoms with Crippen LogP contribution in [0.1, 0.15) is 11.5 Å². The Morgan fingerprint density at radius 3 is 2.25 bits per heavy atom. The second-order valence-corrected chi connectivity index (χ2v) is 5.03. The Morgan fingerprint density at radius 1 is 0.950 bits per heavy atom. The van der Waals surface area contributed by atoms with Crippen LogP contribution < -0.4 is 0 Å². The third kappa shape index (κ3) is 2.09. The summed E-state index contributed by atoms with van der Waals surface area (Å²) in [5, 5.41) is 8.70. The van der Waals surface area contributed by atoms with Crippen molar-refractivity contribution in [3.63, 3.8) is 0 Å². The lowest BCUT2D eigenvalue weighted by Crippen LogP contribution is -1.85. The van der Waals surface area contributed by atoms with E-state index in [0.717, 1.165) is 0 Å². The Bertz CT molecular complexity index is 740. The first-order valence-electron chi connectivity index (χ1n) is 5.79. The number of nitrogens with zero attached hydrogens (tertiary/aromatic N) is 3. The molecule has 7 heteroatoms. The van der Waals surface area contributed by atoms with Gasteiger partial charge in [0.2, 0.25) is 5.82 Å². The predicted molar refractivity (Wildman–Crippen MR) is 74.7 cm³/mol. The minimum Gasteiger partial charge on any atom is -0.361 e. The monoisotopic (exact) mass is 309 g/mol. The zero-order valence-corrected chi connectivity index (χ0v) is 12.2. The topological polar surface area (TPSA) is 65.0 Å². The second kappa shape index (κ2) is 4.92. The molecule has 5 nitrogen and oxygen atoms in total. The normalized spacial score (nSPS) is 11.0. The molecule has 0 fully saturated rings. The average molecular weight is 310 g/mol. The van der Waals surface area contributed by atoms with E-state index in [-0.39, 0.29) is 0 Å².